The van der Waals surface area contributed by atoms with Crippen LogP contribution in [0.1, 0.15) is 23.8 Å². The Morgan fingerprint density at radius 3 is 2.87 bits per heavy atom. The summed E-state index contributed by atoms with van der Waals surface area (Å²) in [7, 11) is 1.87. The van der Waals surface area contributed by atoms with Crippen LogP contribution < -0.4 is 11.1 Å². The number of anilines is 1. The predicted molar refractivity (Wildman–Crippen MR) is 88.8 cm³/mol. The van der Waals surface area contributed by atoms with Gasteiger partial charge < -0.3 is 15.6 Å². The number of hydrogen-bond donors (Lipinski definition) is 2. The third-order valence-corrected chi connectivity index (χ3v) is 3.68. The molecule has 0 bridgehead atoms. The molecule has 0 fully saturated rings. The fraction of sp³-hybridized carbons (Fsp3) is 0.250. The molecule has 3 rings (SSSR count). The van der Waals surface area contributed by atoms with Gasteiger partial charge in [0.25, 0.3) is 5.91 Å². The van der Waals surface area contributed by atoms with Crippen molar-refractivity contribution in [3.05, 3.63) is 36.4 Å². The van der Waals surface area contributed by atoms with Crippen LogP contribution in [-0.2, 0) is 7.05 Å². The molecule has 2 heterocycles. The summed E-state index contributed by atoms with van der Waals surface area (Å²) < 4.78 is 1.83. The molecule has 0 saturated carbocycles. The molecule has 3 N–H and O–H groups in total. The average molecular weight is 310 g/mol. The molecule has 0 saturated heterocycles. The zero-order valence-corrected chi connectivity index (χ0v) is 13.1. The standard InChI is InChI=1S/C16H18N6O/c1-3-7-18-16(23)14-13(17)10-5-4-6-11(12(10)8-19-14)15-21-20-9-22(15)2/h4-6,8-9H,3,7,17H2,1-2H3,(H,18,23). The van der Waals surface area contributed by atoms with Crippen LogP contribution in [0.15, 0.2) is 30.7 Å². The lowest BCUT2D eigenvalue weighted by Crippen LogP contribution is -2.26. The lowest BCUT2D eigenvalue weighted by molar-refractivity contribution is 0.0950. The number of carbonyl (C=O) groups is 1. The summed E-state index contributed by atoms with van der Waals surface area (Å²) in [5.41, 5.74) is 7.69. The van der Waals surface area contributed by atoms with Crippen molar-refractivity contribution >= 4 is 22.4 Å². The zero-order valence-electron chi connectivity index (χ0n) is 13.1. The minimum absolute atomic E-state index is 0.251. The Balaban J connectivity index is 2.13. The predicted octanol–water partition coefficient (Wildman–Crippen LogP) is 1.75. The van der Waals surface area contributed by atoms with Gasteiger partial charge >= 0.3 is 0 Å². The van der Waals surface area contributed by atoms with Crippen molar-refractivity contribution in [3.63, 3.8) is 0 Å². The van der Waals surface area contributed by atoms with Crippen LogP contribution in [0.4, 0.5) is 5.69 Å². The lowest BCUT2D eigenvalue weighted by atomic mass is 10.0. The average Bonchev–Trinajstić information content (AvgIpc) is 2.98. The van der Waals surface area contributed by atoms with Crippen molar-refractivity contribution in [3.8, 4) is 11.4 Å². The van der Waals surface area contributed by atoms with Gasteiger partial charge in [0.05, 0.1) is 5.69 Å². The van der Waals surface area contributed by atoms with Crippen molar-refractivity contribution in [1.82, 2.24) is 25.1 Å². The summed E-state index contributed by atoms with van der Waals surface area (Å²) in [5.74, 6) is 0.468. The normalized spacial score (nSPS) is 10.9. The first kappa shape index (κ1) is 15.0. The van der Waals surface area contributed by atoms with Gasteiger partial charge in [-0.3, -0.25) is 4.79 Å². The quantitative estimate of drug-likeness (QED) is 0.765. The molecule has 0 aliphatic rings. The highest BCUT2D eigenvalue weighted by Crippen LogP contribution is 2.30. The van der Waals surface area contributed by atoms with Gasteiger partial charge in [-0.15, -0.1) is 10.2 Å². The third-order valence-electron chi connectivity index (χ3n) is 3.68. The Morgan fingerprint density at radius 1 is 1.35 bits per heavy atom. The van der Waals surface area contributed by atoms with Gasteiger partial charge in [0.1, 0.15) is 6.33 Å². The second-order valence-electron chi connectivity index (χ2n) is 5.31. The van der Waals surface area contributed by atoms with Crippen molar-refractivity contribution in [1.29, 1.82) is 0 Å². The molecule has 0 unspecified atom stereocenters. The van der Waals surface area contributed by atoms with Crippen LogP contribution in [0.25, 0.3) is 22.2 Å². The second kappa shape index (κ2) is 6.04. The van der Waals surface area contributed by atoms with Crippen LogP contribution in [0, 0.1) is 0 Å². The maximum Gasteiger partial charge on any atom is 0.272 e. The highest BCUT2D eigenvalue weighted by Gasteiger charge is 2.16. The number of nitrogens with zero attached hydrogens (tertiary/aromatic N) is 4. The number of hydrogen-bond acceptors (Lipinski definition) is 5. The molecule has 0 radical (unpaired) electrons. The van der Waals surface area contributed by atoms with E-state index in [4.69, 9.17) is 5.73 Å². The fourth-order valence-electron chi connectivity index (χ4n) is 2.49. The largest absolute Gasteiger partial charge is 0.396 e. The molecule has 23 heavy (non-hydrogen) atoms. The van der Waals surface area contributed by atoms with E-state index in [1.54, 1.807) is 12.5 Å². The molecule has 118 valence electrons. The summed E-state index contributed by atoms with van der Waals surface area (Å²) in [6.07, 6.45) is 4.16. The highest BCUT2D eigenvalue weighted by atomic mass is 16.1. The first-order valence-electron chi connectivity index (χ1n) is 7.43. The molecule has 0 atom stereocenters. The zero-order chi connectivity index (χ0) is 16.4. The first-order valence-corrected chi connectivity index (χ1v) is 7.43. The number of fused-ring (bicyclic) bond motifs is 1. The molecule has 2 aromatic heterocycles. The molecular weight excluding hydrogens is 292 g/mol. The van der Waals surface area contributed by atoms with Gasteiger partial charge in [0.15, 0.2) is 11.5 Å². The van der Waals surface area contributed by atoms with Gasteiger partial charge in [-0.25, -0.2) is 4.98 Å². The van der Waals surface area contributed by atoms with E-state index in [9.17, 15) is 4.79 Å². The number of nitrogen functional groups attached to an aromatic ring is 1. The Hall–Kier alpha value is -2.96. The number of benzene rings is 1. The molecule has 7 nitrogen and oxygen atoms in total. The van der Waals surface area contributed by atoms with Crippen LogP contribution in [-0.4, -0.2) is 32.2 Å². The smallest absolute Gasteiger partial charge is 0.272 e. The molecule has 0 spiro atoms. The number of amides is 1. The van der Waals surface area contributed by atoms with E-state index < -0.39 is 0 Å². The number of pyridine rings is 1. The minimum Gasteiger partial charge on any atom is -0.396 e. The maximum atomic E-state index is 12.2. The Morgan fingerprint density at radius 2 is 2.17 bits per heavy atom. The monoisotopic (exact) mass is 310 g/mol. The number of rotatable bonds is 4. The highest BCUT2D eigenvalue weighted by molar-refractivity contribution is 6.08. The van der Waals surface area contributed by atoms with E-state index in [0.717, 1.165) is 28.6 Å². The Kier molecular flexibility index (Phi) is 3.92. The topological polar surface area (TPSA) is 98.7 Å². The lowest BCUT2D eigenvalue weighted by Gasteiger charge is -2.11. The molecule has 1 aromatic carbocycles. The SMILES string of the molecule is CCCNC(=O)c1ncc2c(-c3nncn3C)cccc2c1N. The summed E-state index contributed by atoms with van der Waals surface area (Å²) in [6, 6.07) is 5.70. The summed E-state index contributed by atoms with van der Waals surface area (Å²) in [4.78, 5) is 16.4. The minimum atomic E-state index is -0.254. The van der Waals surface area contributed by atoms with Crippen molar-refractivity contribution in [2.24, 2.45) is 7.05 Å². The van der Waals surface area contributed by atoms with E-state index in [2.05, 4.69) is 20.5 Å². The van der Waals surface area contributed by atoms with Gasteiger partial charge in [-0.05, 0) is 6.42 Å². The fourth-order valence-corrected chi connectivity index (χ4v) is 2.49. The van der Waals surface area contributed by atoms with Gasteiger partial charge in [-0.2, -0.15) is 0 Å². The molecule has 3 aromatic rings. The summed E-state index contributed by atoms with van der Waals surface area (Å²) in [6.45, 7) is 2.58. The third kappa shape index (κ3) is 2.61. The molecular formula is C16H18N6O. The number of nitrogens with one attached hydrogen (secondary N) is 1. The maximum absolute atomic E-state index is 12.2. The second-order valence-corrected chi connectivity index (χ2v) is 5.31. The van der Waals surface area contributed by atoms with E-state index in [0.29, 0.717) is 12.2 Å². The molecule has 1 amide bonds. The van der Waals surface area contributed by atoms with Crippen LogP contribution >= 0.6 is 0 Å². The number of aryl methyl sites for hydroxylation is 1. The van der Waals surface area contributed by atoms with Crippen molar-refractivity contribution in [2.75, 3.05) is 12.3 Å². The van der Waals surface area contributed by atoms with Gasteiger partial charge in [0.2, 0.25) is 0 Å². The summed E-state index contributed by atoms with van der Waals surface area (Å²) in [5, 5.41) is 12.5. The first-order chi connectivity index (χ1) is 11.1. The van der Waals surface area contributed by atoms with Crippen LogP contribution in [0.2, 0.25) is 0 Å². The number of carbonyl (C=O) groups excluding carboxylic acids is 1. The van der Waals surface area contributed by atoms with E-state index in [-0.39, 0.29) is 11.6 Å². The Labute approximate surface area is 133 Å². The number of nitrogens with two attached hydrogens (primary N) is 1. The summed E-state index contributed by atoms with van der Waals surface area (Å²) >= 11 is 0. The van der Waals surface area contributed by atoms with E-state index in [1.807, 2.05) is 36.7 Å². The molecule has 0 aliphatic carbocycles. The molecule has 7 heteroatoms. The van der Waals surface area contributed by atoms with E-state index >= 15 is 0 Å². The van der Waals surface area contributed by atoms with Crippen LogP contribution in [0.3, 0.4) is 0 Å². The molecule has 0 aliphatic heterocycles. The van der Waals surface area contributed by atoms with E-state index in [1.165, 1.54) is 0 Å². The Bertz CT molecular complexity index is 870. The van der Waals surface area contributed by atoms with Crippen LogP contribution in [0.5, 0.6) is 0 Å². The number of aromatic nitrogens is 4. The van der Waals surface area contributed by atoms with Gasteiger partial charge in [-0.1, -0.05) is 25.1 Å². The van der Waals surface area contributed by atoms with Crippen molar-refractivity contribution < 1.29 is 4.79 Å². The van der Waals surface area contributed by atoms with Gasteiger partial charge in [0, 0.05) is 36.1 Å². The van der Waals surface area contributed by atoms with Crippen molar-refractivity contribution in [2.45, 2.75) is 13.3 Å².